The van der Waals surface area contributed by atoms with Crippen molar-refractivity contribution in [3.8, 4) is 5.75 Å². The van der Waals surface area contributed by atoms with E-state index in [9.17, 15) is 15.2 Å². The fourth-order valence-electron chi connectivity index (χ4n) is 3.39. The van der Waals surface area contributed by atoms with E-state index in [2.05, 4.69) is 0 Å². The molecule has 0 heterocycles. The fraction of sp³-hybridized carbons (Fsp3) is 0.571. The Kier molecular flexibility index (Phi) is 2.93. The molecule has 2 atom stereocenters. The van der Waals surface area contributed by atoms with Crippen LogP contribution in [0.1, 0.15) is 32.1 Å². The number of nitrogens with zero attached hydrogens (tertiary/aromatic N) is 1. The van der Waals surface area contributed by atoms with Crippen LogP contribution >= 0.6 is 0 Å². The van der Waals surface area contributed by atoms with Gasteiger partial charge in [-0.1, -0.05) is 12.8 Å². The lowest BCUT2D eigenvalue weighted by Gasteiger charge is -2.51. The van der Waals surface area contributed by atoms with Gasteiger partial charge in [0.15, 0.2) is 0 Å². The molecule has 0 saturated heterocycles. The smallest absolute Gasteiger partial charge is 0.269 e. The summed E-state index contributed by atoms with van der Waals surface area (Å²) in [7, 11) is 0. The van der Waals surface area contributed by atoms with E-state index >= 15 is 0 Å². The molecule has 3 rings (SSSR count). The molecule has 2 unspecified atom stereocenters. The van der Waals surface area contributed by atoms with Crippen LogP contribution in [0, 0.1) is 15.5 Å². The number of rotatable bonds is 3. The molecule has 5 nitrogen and oxygen atoms in total. The first-order valence-corrected chi connectivity index (χ1v) is 6.71. The van der Waals surface area contributed by atoms with Gasteiger partial charge in [0, 0.05) is 24.0 Å². The maximum atomic E-state index is 10.6. The highest BCUT2D eigenvalue weighted by atomic mass is 16.6. The lowest BCUT2D eigenvalue weighted by atomic mass is 9.62. The molecule has 1 N–H and O–H groups in total. The summed E-state index contributed by atoms with van der Waals surface area (Å²) in [6.07, 6.45) is 4.80. The zero-order chi connectivity index (χ0) is 13.5. The van der Waals surface area contributed by atoms with Crippen molar-refractivity contribution in [1.82, 2.24) is 0 Å². The summed E-state index contributed by atoms with van der Waals surface area (Å²) in [6.45, 7) is 0. The van der Waals surface area contributed by atoms with E-state index in [-0.39, 0.29) is 23.3 Å². The van der Waals surface area contributed by atoms with E-state index in [0.717, 1.165) is 25.7 Å². The summed E-state index contributed by atoms with van der Waals surface area (Å²) in [6, 6.07) is 6.16. The normalized spacial score (nSPS) is 28.1. The zero-order valence-electron chi connectivity index (χ0n) is 10.6. The van der Waals surface area contributed by atoms with Crippen molar-refractivity contribution in [3.63, 3.8) is 0 Å². The molecule has 19 heavy (non-hydrogen) atoms. The molecule has 102 valence electrons. The molecule has 0 aliphatic heterocycles. The van der Waals surface area contributed by atoms with Gasteiger partial charge in [-0.05, 0) is 25.0 Å². The first kappa shape index (κ1) is 12.4. The van der Waals surface area contributed by atoms with Crippen molar-refractivity contribution < 1.29 is 14.8 Å². The Morgan fingerprint density at radius 1 is 1.26 bits per heavy atom. The second-order valence-corrected chi connectivity index (χ2v) is 5.55. The highest BCUT2D eigenvalue weighted by molar-refractivity contribution is 5.36. The van der Waals surface area contributed by atoms with Crippen LogP contribution in [0.5, 0.6) is 5.75 Å². The predicted octanol–water partition coefficient (Wildman–Crippen LogP) is 2.67. The minimum atomic E-state index is -0.421. The maximum absolute atomic E-state index is 10.6. The number of aliphatic hydroxyl groups excluding tert-OH is 1. The van der Waals surface area contributed by atoms with Crippen molar-refractivity contribution in [2.24, 2.45) is 5.41 Å². The standard InChI is InChI=1S/C14H17NO4/c16-12-9-13(14(12)7-1-2-8-14)19-11-5-3-10(4-6-11)15(17)18/h3-6,12-13,16H,1-2,7-9H2. The molecule has 2 saturated carbocycles. The third kappa shape index (κ3) is 1.98. The van der Waals surface area contributed by atoms with Crippen LogP contribution in [-0.2, 0) is 0 Å². The van der Waals surface area contributed by atoms with Crippen molar-refractivity contribution in [2.45, 2.75) is 44.3 Å². The first-order chi connectivity index (χ1) is 9.12. The van der Waals surface area contributed by atoms with Crippen LogP contribution in [0.3, 0.4) is 0 Å². The Morgan fingerprint density at radius 3 is 2.42 bits per heavy atom. The molecule has 2 aliphatic carbocycles. The number of hydrogen-bond acceptors (Lipinski definition) is 4. The van der Waals surface area contributed by atoms with E-state index in [1.54, 1.807) is 12.1 Å². The predicted molar refractivity (Wildman–Crippen MR) is 69.0 cm³/mol. The van der Waals surface area contributed by atoms with E-state index in [0.29, 0.717) is 12.2 Å². The summed E-state index contributed by atoms with van der Waals surface area (Å²) < 4.78 is 5.91. The van der Waals surface area contributed by atoms with Crippen LogP contribution in [0.25, 0.3) is 0 Å². The molecule has 0 radical (unpaired) electrons. The van der Waals surface area contributed by atoms with Gasteiger partial charge < -0.3 is 9.84 Å². The second kappa shape index (κ2) is 4.49. The van der Waals surface area contributed by atoms with Gasteiger partial charge in [-0.3, -0.25) is 10.1 Å². The van der Waals surface area contributed by atoms with Gasteiger partial charge in [0.2, 0.25) is 0 Å². The highest BCUT2D eigenvalue weighted by Gasteiger charge is 2.57. The topological polar surface area (TPSA) is 72.6 Å². The van der Waals surface area contributed by atoms with Gasteiger partial charge in [0.05, 0.1) is 11.0 Å². The Morgan fingerprint density at radius 2 is 1.89 bits per heavy atom. The first-order valence-electron chi connectivity index (χ1n) is 6.71. The number of nitro benzene ring substituents is 1. The average Bonchev–Trinajstić information content (AvgIpc) is 2.91. The Hall–Kier alpha value is -1.62. The molecule has 0 aromatic heterocycles. The van der Waals surface area contributed by atoms with E-state index in [1.165, 1.54) is 12.1 Å². The van der Waals surface area contributed by atoms with Crippen LogP contribution in [0.4, 0.5) is 5.69 Å². The minimum Gasteiger partial charge on any atom is -0.490 e. The fourth-order valence-corrected chi connectivity index (χ4v) is 3.39. The summed E-state index contributed by atoms with van der Waals surface area (Å²) in [4.78, 5) is 10.2. The quantitative estimate of drug-likeness (QED) is 0.672. The number of nitro groups is 1. The molecule has 2 fully saturated rings. The number of non-ortho nitro benzene ring substituents is 1. The number of hydrogen-bond donors (Lipinski definition) is 1. The van der Waals surface area contributed by atoms with Crippen LogP contribution in [0.2, 0.25) is 0 Å². The van der Waals surface area contributed by atoms with E-state index in [1.807, 2.05) is 0 Å². The Bertz CT molecular complexity index is 479. The third-order valence-corrected chi connectivity index (χ3v) is 4.60. The third-order valence-electron chi connectivity index (χ3n) is 4.60. The van der Waals surface area contributed by atoms with Crippen molar-refractivity contribution in [2.75, 3.05) is 0 Å². The SMILES string of the molecule is O=[N+]([O-])c1ccc(OC2CC(O)C23CCCC3)cc1. The molecule has 2 aliphatic rings. The number of benzene rings is 1. The molecular weight excluding hydrogens is 246 g/mol. The highest BCUT2D eigenvalue weighted by Crippen LogP contribution is 2.54. The largest absolute Gasteiger partial charge is 0.490 e. The van der Waals surface area contributed by atoms with Gasteiger partial charge in [0.25, 0.3) is 5.69 Å². The van der Waals surface area contributed by atoms with Gasteiger partial charge in [0.1, 0.15) is 11.9 Å². The molecule has 1 aromatic rings. The van der Waals surface area contributed by atoms with Crippen LogP contribution in [0.15, 0.2) is 24.3 Å². The molecule has 5 heteroatoms. The maximum Gasteiger partial charge on any atom is 0.269 e. The Labute approximate surface area is 111 Å². The zero-order valence-corrected chi connectivity index (χ0v) is 10.6. The lowest BCUT2D eigenvalue weighted by Crippen LogP contribution is -2.58. The minimum absolute atomic E-state index is 0.0476. The second-order valence-electron chi connectivity index (χ2n) is 5.55. The molecule has 0 amide bonds. The van der Waals surface area contributed by atoms with Crippen molar-refractivity contribution in [1.29, 1.82) is 0 Å². The van der Waals surface area contributed by atoms with Crippen molar-refractivity contribution in [3.05, 3.63) is 34.4 Å². The van der Waals surface area contributed by atoms with Crippen LogP contribution < -0.4 is 4.74 Å². The summed E-state index contributed by atoms with van der Waals surface area (Å²) in [5.74, 6) is 0.647. The number of aliphatic hydroxyl groups is 1. The van der Waals surface area contributed by atoms with Gasteiger partial charge in [-0.2, -0.15) is 0 Å². The van der Waals surface area contributed by atoms with E-state index in [4.69, 9.17) is 4.74 Å². The van der Waals surface area contributed by atoms with Gasteiger partial charge in [-0.25, -0.2) is 0 Å². The monoisotopic (exact) mass is 263 g/mol. The summed E-state index contributed by atoms with van der Waals surface area (Å²) >= 11 is 0. The number of ether oxygens (including phenoxy) is 1. The van der Waals surface area contributed by atoms with Crippen molar-refractivity contribution >= 4 is 5.69 Å². The molecular formula is C14H17NO4. The molecule has 1 aromatic carbocycles. The Balaban J connectivity index is 1.70. The lowest BCUT2D eigenvalue weighted by molar-refractivity contribution is -0.384. The van der Waals surface area contributed by atoms with Crippen LogP contribution in [-0.4, -0.2) is 22.2 Å². The van der Waals surface area contributed by atoms with Gasteiger partial charge >= 0.3 is 0 Å². The van der Waals surface area contributed by atoms with Gasteiger partial charge in [-0.15, -0.1) is 0 Å². The molecule has 1 spiro atoms. The summed E-state index contributed by atoms with van der Waals surface area (Å²) in [5, 5.41) is 20.6. The summed E-state index contributed by atoms with van der Waals surface area (Å²) in [5.41, 5.74) is -0.00141. The average molecular weight is 263 g/mol. The molecule has 0 bridgehead atoms. The van der Waals surface area contributed by atoms with E-state index < -0.39 is 4.92 Å².